The van der Waals surface area contributed by atoms with Crippen LogP contribution in [0.4, 0.5) is 5.69 Å². The summed E-state index contributed by atoms with van der Waals surface area (Å²) in [4.78, 5) is 14.1. The summed E-state index contributed by atoms with van der Waals surface area (Å²) in [5.74, 6) is 1.05. The van der Waals surface area contributed by atoms with Gasteiger partial charge in [-0.1, -0.05) is 19.9 Å². The van der Waals surface area contributed by atoms with E-state index in [0.29, 0.717) is 42.3 Å². The minimum Gasteiger partial charge on any atom is -0.490 e. The van der Waals surface area contributed by atoms with Gasteiger partial charge in [-0.3, -0.25) is 4.79 Å². The van der Waals surface area contributed by atoms with Crippen LogP contribution < -0.4 is 14.4 Å². The SMILES string of the molecule is C=CCN1C(=O)C(CC)Oc2c(OCCC)cc(CO)cc21. The lowest BCUT2D eigenvalue weighted by molar-refractivity contribution is -0.126. The van der Waals surface area contributed by atoms with Crippen LogP contribution in [0, 0.1) is 0 Å². The molecule has 0 radical (unpaired) electrons. The zero-order valence-electron chi connectivity index (χ0n) is 13.2. The van der Waals surface area contributed by atoms with Crippen molar-refractivity contribution >= 4 is 11.6 Å². The van der Waals surface area contributed by atoms with Crippen LogP contribution in [0.5, 0.6) is 11.5 Å². The van der Waals surface area contributed by atoms with E-state index in [1.807, 2.05) is 13.8 Å². The highest BCUT2D eigenvalue weighted by Gasteiger charge is 2.35. The van der Waals surface area contributed by atoms with E-state index in [9.17, 15) is 9.90 Å². The van der Waals surface area contributed by atoms with Crippen LogP contribution in [0.15, 0.2) is 24.8 Å². The molecule has 5 nitrogen and oxygen atoms in total. The largest absolute Gasteiger partial charge is 0.490 e. The molecule has 1 N–H and O–H groups in total. The minimum absolute atomic E-state index is 0.0913. The Morgan fingerprint density at radius 1 is 1.45 bits per heavy atom. The number of hydrogen-bond acceptors (Lipinski definition) is 4. The number of benzene rings is 1. The molecule has 2 rings (SSSR count). The van der Waals surface area contributed by atoms with E-state index >= 15 is 0 Å². The Morgan fingerprint density at radius 2 is 2.23 bits per heavy atom. The fourth-order valence-corrected chi connectivity index (χ4v) is 2.43. The molecular weight excluding hydrogens is 282 g/mol. The third-order valence-electron chi connectivity index (χ3n) is 3.51. The molecule has 1 heterocycles. The van der Waals surface area contributed by atoms with Crippen molar-refractivity contribution < 1.29 is 19.4 Å². The van der Waals surface area contributed by atoms with Gasteiger partial charge in [0.05, 0.1) is 18.9 Å². The molecule has 1 aliphatic rings. The second-order valence-electron chi connectivity index (χ2n) is 5.20. The summed E-state index contributed by atoms with van der Waals surface area (Å²) >= 11 is 0. The summed E-state index contributed by atoms with van der Waals surface area (Å²) in [6, 6.07) is 3.53. The number of anilines is 1. The predicted octanol–water partition coefficient (Wildman–Crippen LogP) is 2.66. The van der Waals surface area contributed by atoms with Gasteiger partial charge in [0.2, 0.25) is 0 Å². The Labute approximate surface area is 131 Å². The van der Waals surface area contributed by atoms with Crippen LogP contribution in [-0.4, -0.2) is 30.3 Å². The first-order valence-corrected chi connectivity index (χ1v) is 7.65. The number of ether oxygens (including phenoxy) is 2. The van der Waals surface area contributed by atoms with E-state index in [4.69, 9.17) is 9.47 Å². The molecule has 0 aromatic heterocycles. The molecule has 1 amide bonds. The van der Waals surface area contributed by atoms with Crippen LogP contribution in [0.25, 0.3) is 0 Å². The molecule has 120 valence electrons. The quantitative estimate of drug-likeness (QED) is 0.787. The Kier molecular flexibility index (Phi) is 5.44. The number of hydrogen-bond donors (Lipinski definition) is 1. The second kappa shape index (κ2) is 7.31. The van der Waals surface area contributed by atoms with Crippen molar-refractivity contribution in [1.82, 2.24) is 0 Å². The van der Waals surface area contributed by atoms with Gasteiger partial charge in [-0.05, 0) is 30.5 Å². The molecule has 0 bridgehead atoms. The average Bonchev–Trinajstić information content (AvgIpc) is 2.54. The lowest BCUT2D eigenvalue weighted by Crippen LogP contribution is -2.45. The zero-order valence-corrected chi connectivity index (χ0v) is 13.2. The lowest BCUT2D eigenvalue weighted by Gasteiger charge is -2.34. The number of amides is 1. The van der Waals surface area contributed by atoms with Gasteiger partial charge in [0, 0.05) is 6.54 Å². The fraction of sp³-hybridized carbons (Fsp3) is 0.471. The maximum atomic E-state index is 12.5. The van der Waals surface area contributed by atoms with Gasteiger partial charge in [0.1, 0.15) is 0 Å². The topological polar surface area (TPSA) is 59.0 Å². The molecule has 1 aliphatic heterocycles. The number of rotatable bonds is 7. The summed E-state index contributed by atoms with van der Waals surface area (Å²) < 4.78 is 11.6. The summed E-state index contributed by atoms with van der Waals surface area (Å²) in [7, 11) is 0. The van der Waals surface area contributed by atoms with Crippen LogP contribution in [0.1, 0.15) is 32.3 Å². The zero-order chi connectivity index (χ0) is 16.1. The molecule has 0 aliphatic carbocycles. The van der Waals surface area contributed by atoms with Gasteiger partial charge in [0.25, 0.3) is 5.91 Å². The normalized spacial score (nSPS) is 17.0. The van der Waals surface area contributed by atoms with Crippen molar-refractivity contribution in [2.45, 2.75) is 39.4 Å². The second-order valence-corrected chi connectivity index (χ2v) is 5.20. The third kappa shape index (κ3) is 3.09. The number of carbonyl (C=O) groups is 1. The van der Waals surface area contributed by atoms with Gasteiger partial charge in [-0.2, -0.15) is 0 Å². The van der Waals surface area contributed by atoms with Crippen molar-refractivity contribution in [3.05, 3.63) is 30.4 Å². The Morgan fingerprint density at radius 3 is 2.82 bits per heavy atom. The smallest absolute Gasteiger partial charge is 0.268 e. The first-order chi connectivity index (χ1) is 10.7. The number of nitrogens with zero attached hydrogens (tertiary/aromatic N) is 1. The van der Waals surface area contributed by atoms with Gasteiger partial charge in [-0.15, -0.1) is 6.58 Å². The summed E-state index contributed by atoms with van der Waals surface area (Å²) in [5, 5.41) is 9.45. The van der Waals surface area contributed by atoms with Crippen molar-refractivity contribution in [1.29, 1.82) is 0 Å². The standard InChI is InChI=1S/C17H23NO4/c1-4-7-18-13-9-12(11-19)10-15(21-8-5-2)16(13)22-14(6-3)17(18)20/h4,9-10,14,19H,1,5-8,11H2,2-3H3. The molecule has 1 aromatic carbocycles. The van der Waals surface area contributed by atoms with E-state index in [-0.39, 0.29) is 12.5 Å². The van der Waals surface area contributed by atoms with E-state index in [0.717, 1.165) is 6.42 Å². The van der Waals surface area contributed by atoms with E-state index in [1.165, 1.54) is 0 Å². The Bertz CT molecular complexity index is 556. The molecule has 1 unspecified atom stereocenters. The third-order valence-corrected chi connectivity index (χ3v) is 3.51. The molecule has 0 saturated carbocycles. The van der Waals surface area contributed by atoms with Gasteiger partial charge in [-0.25, -0.2) is 0 Å². The highest BCUT2D eigenvalue weighted by atomic mass is 16.5. The minimum atomic E-state index is -0.517. The Hall–Kier alpha value is -2.01. The van der Waals surface area contributed by atoms with Crippen LogP contribution in [-0.2, 0) is 11.4 Å². The molecule has 1 atom stereocenters. The van der Waals surface area contributed by atoms with Crippen molar-refractivity contribution in [3.63, 3.8) is 0 Å². The van der Waals surface area contributed by atoms with Gasteiger partial charge < -0.3 is 19.5 Å². The van der Waals surface area contributed by atoms with Gasteiger partial charge in [0.15, 0.2) is 17.6 Å². The number of fused-ring (bicyclic) bond motifs is 1. The predicted molar refractivity (Wildman–Crippen MR) is 85.4 cm³/mol. The maximum absolute atomic E-state index is 12.5. The highest BCUT2D eigenvalue weighted by Crippen LogP contribution is 2.43. The van der Waals surface area contributed by atoms with Crippen molar-refractivity contribution in [2.24, 2.45) is 0 Å². The average molecular weight is 305 g/mol. The van der Waals surface area contributed by atoms with Crippen molar-refractivity contribution in [2.75, 3.05) is 18.1 Å². The van der Waals surface area contributed by atoms with E-state index < -0.39 is 6.10 Å². The molecule has 22 heavy (non-hydrogen) atoms. The van der Waals surface area contributed by atoms with Crippen LogP contribution in [0.3, 0.4) is 0 Å². The molecule has 0 fully saturated rings. The fourth-order valence-electron chi connectivity index (χ4n) is 2.43. The first kappa shape index (κ1) is 16.4. The molecule has 0 saturated heterocycles. The van der Waals surface area contributed by atoms with E-state index in [1.54, 1.807) is 23.1 Å². The molecular formula is C17H23NO4. The lowest BCUT2D eigenvalue weighted by atomic mass is 10.1. The Balaban J connectivity index is 2.52. The van der Waals surface area contributed by atoms with Crippen molar-refractivity contribution in [3.8, 4) is 11.5 Å². The molecule has 1 aromatic rings. The summed E-state index contributed by atoms with van der Waals surface area (Å²) in [6.45, 7) is 8.47. The van der Waals surface area contributed by atoms with Crippen LogP contribution >= 0.6 is 0 Å². The number of aliphatic hydroxyl groups is 1. The maximum Gasteiger partial charge on any atom is 0.268 e. The van der Waals surface area contributed by atoms with Gasteiger partial charge >= 0.3 is 0 Å². The molecule has 0 spiro atoms. The highest BCUT2D eigenvalue weighted by molar-refractivity contribution is 6.01. The summed E-state index contributed by atoms with van der Waals surface area (Å²) in [5.41, 5.74) is 1.32. The van der Waals surface area contributed by atoms with Crippen LogP contribution in [0.2, 0.25) is 0 Å². The monoisotopic (exact) mass is 305 g/mol. The van der Waals surface area contributed by atoms with E-state index in [2.05, 4.69) is 6.58 Å². The first-order valence-electron chi connectivity index (χ1n) is 7.65. The number of aliphatic hydroxyl groups excluding tert-OH is 1. The molecule has 5 heteroatoms. The number of carbonyl (C=O) groups excluding carboxylic acids is 1. The summed E-state index contributed by atoms with van der Waals surface area (Å²) in [6.07, 6.45) is 2.61.